The van der Waals surface area contributed by atoms with Gasteiger partial charge in [0.25, 0.3) is 0 Å². The zero-order valence-corrected chi connectivity index (χ0v) is 27.2. The second-order valence-electron chi connectivity index (χ2n) is 12.8. The van der Waals surface area contributed by atoms with Crippen molar-refractivity contribution in [3.8, 4) is 5.75 Å². The van der Waals surface area contributed by atoms with Gasteiger partial charge in [-0.25, -0.2) is 0 Å². The Bertz CT molecular complexity index is 1470. The SMILES string of the molecule is Cc1c(Br)cccc1OC1CCC(CCC(C)N2CCN(c3ccc4c(C5CCC(=O)NC5=O)nn(C)c4c3)CC2)CC1. The molecule has 9 heteroatoms. The zero-order chi connectivity index (χ0) is 30.1. The highest BCUT2D eigenvalue weighted by Crippen LogP contribution is 2.35. The van der Waals surface area contributed by atoms with Crippen LogP contribution in [0, 0.1) is 12.8 Å². The number of anilines is 1. The van der Waals surface area contributed by atoms with Gasteiger partial charge < -0.3 is 9.64 Å². The third kappa shape index (κ3) is 6.63. The molecule has 1 aromatic heterocycles. The smallest absolute Gasteiger partial charge is 0.235 e. The lowest BCUT2D eigenvalue weighted by Gasteiger charge is -2.39. The number of aromatic nitrogens is 2. The lowest BCUT2D eigenvalue weighted by atomic mass is 9.83. The van der Waals surface area contributed by atoms with E-state index in [1.165, 1.54) is 36.9 Å². The van der Waals surface area contributed by atoms with Crippen LogP contribution >= 0.6 is 15.9 Å². The highest BCUT2D eigenvalue weighted by molar-refractivity contribution is 9.10. The number of piperidine rings is 1. The number of fused-ring (bicyclic) bond motifs is 1. The van der Waals surface area contributed by atoms with E-state index in [0.29, 0.717) is 25.0 Å². The molecule has 8 nitrogen and oxygen atoms in total. The molecule has 1 saturated carbocycles. The number of halogens is 1. The maximum atomic E-state index is 12.5. The van der Waals surface area contributed by atoms with Gasteiger partial charge in [0.1, 0.15) is 5.75 Å². The van der Waals surface area contributed by atoms with Crippen molar-refractivity contribution in [3.05, 3.63) is 52.1 Å². The normalized spacial score (nSPS) is 24.3. The number of benzene rings is 2. The molecule has 3 fully saturated rings. The minimum absolute atomic E-state index is 0.196. The molecule has 3 aromatic rings. The van der Waals surface area contributed by atoms with Gasteiger partial charge in [0, 0.05) is 66.8 Å². The van der Waals surface area contributed by atoms with E-state index < -0.39 is 0 Å². The predicted octanol–water partition coefficient (Wildman–Crippen LogP) is 6.09. The molecule has 2 saturated heterocycles. The van der Waals surface area contributed by atoms with E-state index in [2.05, 4.69) is 81.3 Å². The fraction of sp³-hybridized carbons (Fsp3) is 0.559. The Balaban J connectivity index is 0.971. The number of nitrogens with zero attached hydrogens (tertiary/aromatic N) is 4. The molecular formula is C34H44BrN5O3. The summed E-state index contributed by atoms with van der Waals surface area (Å²) < 4.78 is 9.36. The average molecular weight is 651 g/mol. The van der Waals surface area contributed by atoms with Crippen LogP contribution in [0.4, 0.5) is 5.69 Å². The quantitative estimate of drug-likeness (QED) is 0.298. The van der Waals surface area contributed by atoms with E-state index >= 15 is 0 Å². The molecule has 1 N–H and O–H groups in total. The topological polar surface area (TPSA) is 79.7 Å². The van der Waals surface area contributed by atoms with Crippen molar-refractivity contribution in [2.75, 3.05) is 31.1 Å². The number of carbonyl (C=O) groups excluding carboxylic acids is 2. The summed E-state index contributed by atoms with van der Waals surface area (Å²) in [6, 6.07) is 13.3. The number of rotatable bonds is 8. The second-order valence-corrected chi connectivity index (χ2v) is 13.6. The largest absolute Gasteiger partial charge is 0.490 e. The molecule has 3 aliphatic rings. The Hall–Kier alpha value is -2.91. The summed E-state index contributed by atoms with van der Waals surface area (Å²) in [6.07, 6.45) is 8.60. The first-order chi connectivity index (χ1) is 20.8. The van der Waals surface area contributed by atoms with Crippen LogP contribution in [-0.2, 0) is 16.6 Å². The van der Waals surface area contributed by atoms with Gasteiger partial charge in [-0.15, -0.1) is 0 Å². The summed E-state index contributed by atoms with van der Waals surface area (Å²) in [6.45, 7) is 8.67. The summed E-state index contributed by atoms with van der Waals surface area (Å²) in [5.74, 6) is 1.02. The molecule has 2 aliphatic heterocycles. The molecule has 0 spiro atoms. The Morgan fingerprint density at radius 3 is 2.56 bits per heavy atom. The summed E-state index contributed by atoms with van der Waals surface area (Å²) in [5, 5.41) is 8.18. The standard InChI is InChI=1S/C34H44BrN5O3/c1-22(7-8-24-9-12-26(13-10-24)43-31-6-4-5-29(35)23(31)2)39-17-19-40(20-18-39)25-11-14-27-30(21-25)38(3)37-33(27)28-15-16-32(41)36-34(28)42/h4-6,11,14,21-22,24,26,28H,7-10,12-13,15-20H2,1-3H3,(H,36,41,42). The van der Waals surface area contributed by atoms with Crippen LogP contribution in [0.2, 0.25) is 0 Å². The van der Waals surface area contributed by atoms with Gasteiger partial charge in [0.15, 0.2) is 0 Å². The van der Waals surface area contributed by atoms with Crippen LogP contribution in [0.3, 0.4) is 0 Å². The van der Waals surface area contributed by atoms with Crippen molar-refractivity contribution in [1.29, 1.82) is 0 Å². The highest BCUT2D eigenvalue weighted by Gasteiger charge is 2.32. The molecule has 2 amide bonds. The van der Waals surface area contributed by atoms with Crippen molar-refractivity contribution in [2.24, 2.45) is 13.0 Å². The maximum Gasteiger partial charge on any atom is 0.235 e. The monoisotopic (exact) mass is 649 g/mol. The fourth-order valence-electron chi connectivity index (χ4n) is 7.20. The van der Waals surface area contributed by atoms with Gasteiger partial charge in [0.05, 0.1) is 23.2 Å². The molecule has 2 unspecified atom stereocenters. The molecule has 2 atom stereocenters. The van der Waals surface area contributed by atoms with Crippen molar-refractivity contribution in [2.45, 2.75) is 83.3 Å². The lowest BCUT2D eigenvalue weighted by Crippen LogP contribution is -2.49. The van der Waals surface area contributed by atoms with Gasteiger partial charge in [-0.2, -0.15) is 5.10 Å². The summed E-state index contributed by atoms with van der Waals surface area (Å²) in [7, 11) is 1.93. The maximum absolute atomic E-state index is 12.5. The van der Waals surface area contributed by atoms with Crippen LogP contribution in [0.15, 0.2) is 40.9 Å². The van der Waals surface area contributed by atoms with E-state index in [1.807, 2.05) is 11.7 Å². The molecule has 230 valence electrons. The van der Waals surface area contributed by atoms with Crippen LogP contribution in [0.1, 0.15) is 75.5 Å². The summed E-state index contributed by atoms with van der Waals surface area (Å²) in [4.78, 5) is 29.2. The van der Waals surface area contributed by atoms with E-state index in [9.17, 15) is 9.59 Å². The van der Waals surface area contributed by atoms with Gasteiger partial charge in [-0.1, -0.05) is 22.0 Å². The van der Waals surface area contributed by atoms with E-state index in [1.54, 1.807) is 0 Å². The second kappa shape index (κ2) is 13.0. The van der Waals surface area contributed by atoms with E-state index in [4.69, 9.17) is 9.84 Å². The highest BCUT2D eigenvalue weighted by atomic mass is 79.9. The number of ether oxygens (including phenoxy) is 1. The molecule has 2 aromatic carbocycles. The number of nitrogens with one attached hydrogen (secondary N) is 1. The van der Waals surface area contributed by atoms with Crippen LogP contribution < -0.4 is 15.0 Å². The lowest BCUT2D eigenvalue weighted by molar-refractivity contribution is -0.134. The van der Waals surface area contributed by atoms with Crippen molar-refractivity contribution >= 4 is 44.3 Å². The minimum atomic E-state index is -0.373. The van der Waals surface area contributed by atoms with E-state index in [-0.39, 0.29) is 17.7 Å². The number of imide groups is 1. The first-order valence-electron chi connectivity index (χ1n) is 16.0. The Labute approximate surface area is 263 Å². The predicted molar refractivity (Wildman–Crippen MR) is 174 cm³/mol. The number of hydrogen-bond donors (Lipinski definition) is 1. The van der Waals surface area contributed by atoms with Crippen molar-refractivity contribution in [1.82, 2.24) is 20.0 Å². The van der Waals surface area contributed by atoms with Gasteiger partial charge >= 0.3 is 0 Å². The summed E-state index contributed by atoms with van der Waals surface area (Å²) >= 11 is 3.62. The number of aryl methyl sites for hydroxylation is 1. The number of piperazine rings is 1. The van der Waals surface area contributed by atoms with Crippen molar-refractivity contribution < 1.29 is 14.3 Å². The number of amides is 2. The van der Waals surface area contributed by atoms with Crippen LogP contribution in [-0.4, -0.2) is 64.8 Å². The molecular weight excluding hydrogens is 606 g/mol. The Morgan fingerprint density at radius 2 is 1.81 bits per heavy atom. The summed E-state index contributed by atoms with van der Waals surface area (Å²) in [5.41, 5.74) is 4.19. The third-order valence-corrected chi connectivity index (χ3v) is 10.9. The van der Waals surface area contributed by atoms with Gasteiger partial charge in [-0.3, -0.25) is 24.5 Å². The number of hydrogen-bond acceptors (Lipinski definition) is 6. The molecule has 3 heterocycles. The molecule has 6 rings (SSSR count). The van der Waals surface area contributed by atoms with Crippen LogP contribution in [0.5, 0.6) is 5.75 Å². The fourth-order valence-corrected chi connectivity index (χ4v) is 7.54. The molecule has 1 aliphatic carbocycles. The van der Waals surface area contributed by atoms with E-state index in [0.717, 1.165) is 71.8 Å². The zero-order valence-electron chi connectivity index (χ0n) is 25.7. The molecule has 43 heavy (non-hydrogen) atoms. The first-order valence-corrected chi connectivity index (χ1v) is 16.8. The average Bonchev–Trinajstić information content (AvgIpc) is 3.34. The number of carbonyl (C=O) groups is 2. The van der Waals surface area contributed by atoms with Gasteiger partial charge in [0.2, 0.25) is 11.8 Å². The molecule has 0 bridgehead atoms. The Kier molecular flexibility index (Phi) is 9.10. The van der Waals surface area contributed by atoms with Crippen molar-refractivity contribution in [3.63, 3.8) is 0 Å². The Morgan fingerprint density at radius 1 is 1.05 bits per heavy atom. The minimum Gasteiger partial charge on any atom is -0.490 e. The third-order valence-electron chi connectivity index (χ3n) is 10.0. The molecule has 0 radical (unpaired) electrons. The first kappa shape index (κ1) is 30.1. The van der Waals surface area contributed by atoms with Crippen LogP contribution in [0.25, 0.3) is 10.9 Å². The van der Waals surface area contributed by atoms with Gasteiger partial charge in [-0.05, 0) is 95.0 Å².